The Morgan fingerprint density at radius 2 is 2.17 bits per heavy atom. The van der Waals surface area contributed by atoms with E-state index in [-0.39, 0.29) is 12.1 Å². The van der Waals surface area contributed by atoms with E-state index in [1.807, 2.05) is 0 Å². The standard InChI is InChI=1S/C12H25N3O3/c1-11(16)3-5-14(2)12(17)13-4-6-15-7-9-18-10-8-15/h11,16H,3-10H2,1-2H3,(H,13,17)/t11-/m1/s1. The summed E-state index contributed by atoms with van der Waals surface area (Å²) in [6.07, 6.45) is 0.238. The molecule has 2 N–H and O–H groups in total. The lowest BCUT2D eigenvalue weighted by Crippen LogP contribution is -2.44. The summed E-state index contributed by atoms with van der Waals surface area (Å²) in [5, 5.41) is 12.0. The number of amides is 2. The smallest absolute Gasteiger partial charge is 0.317 e. The van der Waals surface area contributed by atoms with Crippen molar-refractivity contribution < 1.29 is 14.6 Å². The summed E-state index contributed by atoms with van der Waals surface area (Å²) in [5.74, 6) is 0. The molecular formula is C12H25N3O3. The molecule has 6 heteroatoms. The number of hydrogen-bond donors (Lipinski definition) is 2. The van der Waals surface area contributed by atoms with Gasteiger partial charge in [-0.2, -0.15) is 0 Å². The highest BCUT2D eigenvalue weighted by molar-refractivity contribution is 5.73. The number of carbonyl (C=O) groups excluding carboxylic acids is 1. The quantitative estimate of drug-likeness (QED) is 0.689. The Bertz CT molecular complexity index is 243. The van der Waals surface area contributed by atoms with Crippen LogP contribution < -0.4 is 5.32 Å². The molecule has 1 aliphatic heterocycles. The van der Waals surface area contributed by atoms with Gasteiger partial charge in [-0.3, -0.25) is 4.90 Å². The minimum atomic E-state index is -0.367. The van der Waals surface area contributed by atoms with E-state index in [1.54, 1.807) is 18.9 Å². The van der Waals surface area contributed by atoms with Crippen LogP contribution in [0.25, 0.3) is 0 Å². The zero-order valence-electron chi connectivity index (χ0n) is 11.4. The number of morpholine rings is 1. The molecule has 0 aromatic heterocycles. The van der Waals surface area contributed by atoms with Crippen molar-refractivity contribution in [2.45, 2.75) is 19.4 Å². The molecule has 0 aliphatic carbocycles. The Hall–Kier alpha value is -0.850. The third-order valence-corrected chi connectivity index (χ3v) is 3.04. The van der Waals surface area contributed by atoms with Crippen LogP contribution >= 0.6 is 0 Å². The topological polar surface area (TPSA) is 65.0 Å². The second-order valence-electron chi connectivity index (χ2n) is 4.75. The Balaban J connectivity index is 2.08. The first-order valence-electron chi connectivity index (χ1n) is 6.56. The summed E-state index contributed by atoms with van der Waals surface area (Å²) in [6.45, 7) is 7.24. The SMILES string of the molecule is C[C@@H](O)CCN(C)C(=O)NCCN1CCOCC1. The van der Waals surface area contributed by atoms with Gasteiger partial charge in [0, 0.05) is 39.8 Å². The van der Waals surface area contributed by atoms with Gasteiger partial charge in [0.2, 0.25) is 0 Å². The van der Waals surface area contributed by atoms with Crippen molar-refractivity contribution in [2.24, 2.45) is 0 Å². The first-order valence-corrected chi connectivity index (χ1v) is 6.56. The third-order valence-electron chi connectivity index (χ3n) is 3.04. The third kappa shape index (κ3) is 6.18. The van der Waals surface area contributed by atoms with Crippen LogP contribution in [0.5, 0.6) is 0 Å². The van der Waals surface area contributed by atoms with Gasteiger partial charge in [0.15, 0.2) is 0 Å². The van der Waals surface area contributed by atoms with E-state index < -0.39 is 0 Å². The van der Waals surface area contributed by atoms with Crippen LogP contribution in [0.4, 0.5) is 4.79 Å². The minimum absolute atomic E-state index is 0.0797. The predicted molar refractivity (Wildman–Crippen MR) is 69.6 cm³/mol. The van der Waals surface area contributed by atoms with Crippen LogP contribution in [0, 0.1) is 0 Å². The molecule has 1 saturated heterocycles. The summed E-state index contributed by atoms with van der Waals surface area (Å²) in [5.41, 5.74) is 0. The molecule has 18 heavy (non-hydrogen) atoms. The largest absolute Gasteiger partial charge is 0.393 e. The maximum absolute atomic E-state index is 11.7. The lowest BCUT2D eigenvalue weighted by Gasteiger charge is -2.27. The van der Waals surface area contributed by atoms with E-state index in [1.165, 1.54) is 0 Å². The van der Waals surface area contributed by atoms with Crippen molar-refractivity contribution in [1.82, 2.24) is 15.1 Å². The van der Waals surface area contributed by atoms with Gasteiger partial charge < -0.3 is 20.1 Å². The van der Waals surface area contributed by atoms with E-state index in [4.69, 9.17) is 9.84 Å². The Labute approximate surface area is 109 Å². The molecule has 1 aliphatic rings. The van der Waals surface area contributed by atoms with Crippen LogP contribution in [0.1, 0.15) is 13.3 Å². The molecule has 0 aromatic rings. The molecule has 0 aromatic carbocycles. The van der Waals surface area contributed by atoms with Crippen LogP contribution in [0.3, 0.4) is 0 Å². The molecule has 0 spiro atoms. The van der Waals surface area contributed by atoms with E-state index >= 15 is 0 Å². The number of aliphatic hydroxyl groups excluding tert-OH is 1. The number of nitrogens with zero attached hydrogens (tertiary/aromatic N) is 2. The fourth-order valence-electron chi connectivity index (χ4n) is 1.76. The molecule has 1 fully saturated rings. The molecule has 106 valence electrons. The number of nitrogens with one attached hydrogen (secondary N) is 1. The van der Waals surface area contributed by atoms with E-state index in [0.29, 0.717) is 19.5 Å². The van der Waals surface area contributed by atoms with Crippen LogP contribution in [-0.2, 0) is 4.74 Å². The molecule has 1 atom stereocenters. The van der Waals surface area contributed by atoms with Gasteiger partial charge in [-0.1, -0.05) is 0 Å². The monoisotopic (exact) mass is 259 g/mol. The Kier molecular flexibility index (Phi) is 7.00. The van der Waals surface area contributed by atoms with E-state index in [2.05, 4.69) is 10.2 Å². The minimum Gasteiger partial charge on any atom is -0.393 e. The number of urea groups is 1. The second kappa shape index (κ2) is 8.29. The first-order chi connectivity index (χ1) is 8.59. The molecule has 6 nitrogen and oxygen atoms in total. The second-order valence-corrected chi connectivity index (χ2v) is 4.75. The van der Waals surface area contributed by atoms with Crippen molar-refractivity contribution in [1.29, 1.82) is 0 Å². The lowest BCUT2D eigenvalue weighted by atomic mass is 10.3. The van der Waals surface area contributed by atoms with Crippen molar-refractivity contribution in [3.63, 3.8) is 0 Å². The van der Waals surface area contributed by atoms with Gasteiger partial charge in [0.05, 0.1) is 19.3 Å². The normalized spacial score (nSPS) is 18.4. The van der Waals surface area contributed by atoms with Crippen molar-refractivity contribution in [3.05, 3.63) is 0 Å². The molecule has 1 rings (SSSR count). The van der Waals surface area contributed by atoms with E-state index in [0.717, 1.165) is 32.8 Å². The maximum Gasteiger partial charge on any atom is 0.317 e. The van der Waals surface area contributed by atoms with Gasteiger partial charge in [-0.15, -0.1) is 0 Å². The Morgan fingerprint density at radius 1 is 1.50 bits per heavy atom. The highest BCUT2D eigenvalue weighted by Crippen LogP contribution is 1.96. The van der Waals surface area contributed by atoms with Crippen molar-refractivity contribution in [3.8, 4) is 0 Å². The van der Waals surface area contributed by atoms with Gasteiger partial charge in [-0.25, -0.2) is 4.79 Å². The van der Waals surface area contributed by atoms with Crippen molar-refractivity contribution >= 4 is 6.03 Å². The van der Waals surface area contributed by atoms with Gasteiger partial charge in [-0.05, 0) is 13.3 Å². The molecule has 0 unspecified atom stereocenters. The zero-order chi connectivity index (χ0) is 13.4. The zero-order valence-corrected chi connectivity index (χ0v) is 11.4. The summed E-state index contributed by atoms with van der Waals surface area (Å²) >= 11 is 0. The number of carbonyl (C=O) groups is 1. The molecule has 2 amide bonds. The highest BCUT2D eigenvalue weighted by Gasteiger charge is 2.12. The summed E-state index contributed by atoms with van der Waals surface area (Å²) in [7, 11) is 1.74. The summed E-state index contributed by atoms with van der Waals surface area (Å²) < 4.78 is 5.26. The van der Waals surface area contributed by atoms with E-state index in [9.17, 15) is 4.79 Å². The summed E-state index contributed by atoms with van der Waals surface area (Å²) in [6, 6.07) is -0.0797. The number of aliphatic hydroxyl groups is 1. The van der Waals surface area contributed by atoms with Crippen LogP contribution in [0.2, 0.25) is 0 Å². The lowest BCUT2D eigenvalue weighted by molar-refractivity contribution is 0.0386. The van der Waals surface area contributed by atoms with Gasteiger partial charge in [0.25, 0.3) is 0 Å². The average Bonchev–Trinajstić information content (AvgIpc) is 2.37. The van der Waals surface area contributed by atoms with Crippen LogP contribution in [0.15, 0.2) is 0 Å². The fourth-order valence-corrected chi connectivity index (χ4v) is 1.76. The van der Waals surface area contributed by atoms with Gasteiger partial charge >= 0.3 is 6.03 Å². The maximum atomic E-state index is 11.7. The number of ether oxygens (including phenoxy) is 1. The molecule has 0 saturated carbocycles. The molecule has 1 heterocycles. The number of hydrogen-bond acceptors (Lipinski definition) is 4. The van der Waals surface area contributed by atoms with Gasteiger partial charge in [0.1, 0.15) is 0 Å². The average molecular weight is 259 g/mol. The molecular weight excluding hydrogens is 234 g/mol. The first kappa shape index (κ1) is 15.2. The molecule has 0 bridgehead atoms. The Morgan fingerprint density at radius 3 is 2.78 bits per heavy atom. The highest BCUT2D eigenvalue weighted by atomic mass is 16.5. The fraction of sp³-hybridized carbons (Fsp3) is 0.917. The number of rotatable bonds is 6. The van der Waals surface area contributed by atoms with Crippen LogP contribution in [-0.4, -0.2) is 80.0 Å². The van der Waals surface area contributed by atoms with Crippen molar-refractivity contribution in [2.75, 3.05) is 53.0 Å². The predicted octanol–water partition coefficient (Wildman–Crippen LogP) is -0.269. The molecule has 0 radical (unpaired) electrons. The summed E-state index contributed by atoms with van der Waals surface area (Å²) in [4.78, 5) is 15.6.